The molecule has 2 heteroatoms. The lowest BCUT2D eigenvalue weighted by molar-refractivity contribution is 0.557. The zero-order chi connectivity index (χ0) is 17.5. The Balaban J connectivity index is 4.77. The van der Waals surface area contributed by atoms with Crippen LogP contribution in [-0.2, 0) is 0 Å². The van der Waals surface area contributed by atoms with Crippen LogP contribution in [0.3, 0.4) is 0 Å². The predicted octanol–water partition coefficient (Wildman–Crippen LogP) is 6.42. The van der Waals surface area contributed by atoms with Crippen molar-refractivity contribution in [1.29, 1.82) is 0 Å². The Bertz CT molecular complexity index is 441. The molecule has 1 nitrogen and oxygen atoms in total. The minimum atomic E-state index is -0.219. The summed E-state index contributed by atoms with van der Waals surface area (Å²) in [6.45, 7) is 13.0. The summed E-state index contributed by atoms with van der Waals surface area (Å²) in [6.07, 6.45) is 16.7. The highest BCUT2D eigenvalue weighted by Crippen LogP contribution is 2.17. The fourth-order valence-electron chi connectivity index (χ4n) is 2.33. The Kier molecular flexibility index (Phi) is 13.3. The van der Waals surface area contributed by atoms with Crippen LogP contribution in [0.2, 0.25) is 0 Å². The van der Waals surface area contributed by atoms with Crippen molar-refractivity contribution in [3.63, 3.8) is 0 Å². The molecule has 0 rings (SSSR count). The Morgan fingerprint density at radius 1 is 1.17 bits per heavy atom. The molecule has 0 saturated carbocycles. The molecular formula is C21H34FN. The van der Waals surface area contributed by atoms with E-state index in [9.17, 15) is 4.39 Å². The lowest BCUT2D eigenvalue weighted by Gasteiger charge is -2.20. The highest BCUT2D eigenvalue weighted by atomic mass is 19.1. The van der Waals surface area contributed by atoms with Crippen molar-refractivity contribution in [2.75, 3.05) is 6.54 Å². The second-order valence-electron chi connectivity index (χ2n) is 5.66. The Morgan fingerprint density at radius 3 is 2.48 bits per heavy atom. The summed E-state index contributed by atoms with van der Waals surface area (Å²) < 4.78 is 13.1. The number of likely N-dealkylation sites (N-methyl/N-ethyl adjacent to an activating group) is 1. The fourth-order valence-corrected chi connectivity index (χ4v) is 2.33. The quantitative estimate of drug-likeness (QED) is 0.323. The average molecular weight is 320 g/mol. The van der Waals surface area contributed by atoms with Gasteiger partial charge in [-0.2, -0.15) is 0 Å². The zero-order valence-electron chi connectivity index (χ0n) is 15.4. The van der Waals surface area contributed by atoms with Crippen molar-refractivity contribution in [3.05, 3.63) is 60.0 Å². The lowest BCUT2D eigenvalue weighted by atomic mass is 9.97. The van der Waals surface area contributed by atoms with E-state index in [1.165, 1.54) is 30.6 Å². The predicted molar refractivity (Wildman–Crippen MR) is 102 cm³/mol. The van der Waals surface area contributed by atoms with Crippen molar-refractivity contribution in [2.45, 2.75) is 65.8 Å². The summed E-state index contributed by atoms with van der Waals surface area (Å²) in [6, 6.07) is 0.324. The van der Waals surface area contributed by atoms with Gasteiger partial charge in [0, 0.05) is 6.04 Å². The van der Waals surface area contributed by atoms with Gasteiger partial charge >= 0.3 is 0 Å². The van der Waals surface area contributed by atoms with E-state index in [0.717, 1.165) is 31.4 Å². The number of halogens is 1. The SMILES string of the molecule is C=C(/C=C\C(F)=C/C)CCC(NCC)C(/C=C\C)=C/CCCC. The summed E-state index contributed by atoms with van der Waals surface area (Å²) in [5.74, 6) is -0.219. The van der Waals surface area contributed by atoms with Gasteiger partial charge in [0.2, 0.25) is 0 Å². The summed E-state index contributed by atoms with van der Waals surface area (Å²) in [5.41, 5.74) is 2.30. The second-order valence-corrected chi connectivity index (χ2v) is 5.66. The molecule has 0 heterocycles. The topological polar surface area (TPSA) is 12.0 Å². The Labute approximate surface area is 142 Å². The minimum absolute atomic E-state index is 0.219. The van der Waals surface area contributed by atoms with E-state index in [1.807, 2.05) is 0 Å². The highest BCUT2D eigenvalue weighted by molar-refractivity contribution is 5.26. The van der Waals surface area contributed by atoms with E-state index in [0.29, 0.717) is 6.04 Å². The summed E-state index contributed by atoms with van der Waals surface area (Å²) in [7, 11) is 0. The summed E-state index contributed by atoms with van der Waals surface area (Å²) in [4.78, 5) is 0. The van der Waals surface area contributed by atoms with Crippen LogP contribution in [0, 0.1) is 0 Å². The van der Waals surface area contributed by atoms with Crippen molar-refractivity contribution < 1.29 is 4.39 Å². The summed E-state index contributed by atoms with van der Waals surface area (Å²) in [5, 5.41) is 3.56. The van der Waals surface area contributed by atoms with Gasteiger partial charge in [0.1, 0.15) is 5.83 Å². The van der Waals surface area contributed by atoms with Crippen LogP contribution >= 0.6 is 0 Å². The van der Waals surface area contributed by atoms with Crippen LogP contribution in [0.1, 0.15) is 59.8 Å². The first-order chi connectivity index (χ1) is 11.1. The van der Waals surface area contributed by atoms with Crippen molar-refractivity contribution in [1.82, 2.24) is 5.32 Å². The van der Waals surface area contributed by atoms with Gasteiger partial charge in [0.05, 0.1) is 0 Å². The number of hydrogen-bond donors (Lipinski definition) is 1. The van der Waals surface area contributed by atoms with E-state index >= 15 is 0 Å². The number of allylic oxidation sites excluding steroid dienone is 7. The second kappa shape index (κ2) is 14.2. The van der Waals surface area contributed by atoms with Crippen LogP contribution in [0.15, 0.2) is 60.0 Å². The summed E-state index contributed by atoms with van der Waals surface area (Å²) >= 11 is 0. The van der Waals surface area contributed by atoms with Gasteiger partial charge in [-0.25, -0.2) is 4.39 Å². The van der Waals surface area contributed by atoms with Gasteiger partial charge in [-0.15, -0.1) is 0 Å². The average Bonchev–Trinajstić information content (AvgIpc) is 2.55. The standard InChI is InChI=1S/C21H34FN/c1-6-10-11-13-19(12-7-2)21(23-9-4)17-15-18(5)14-16-20(22)8-3/h7-8,12-14,16,21,23H,5-6,9-11,15,17H2,1-4H3/b12-7-,16-14-,19-13+,20-8+. The number of hydrogen-bond acceptors (Lipinski definition) is 1. The molecular weight excluding hydrogens is 285 g/mol. The van der Waals surface area contributed by atoms with E-state index in [4.69, 9.17) is 0 Å². The van der Waals surface area contributed by atoms with E-state index in [2.05, 4.69) is 50.9 Å². The Hall–Kier alpha value is -1.41. The molecule has 0 aliphatic carbocycles. The number of unbranched alkanes of at least 4 members (excludes halogenated alkanes) is 2. The Morgan fingerprint density at radius 2 is 1.91 bits per heavy atom. The largest absolute Gasteiger partial charge is 0.310 e. The third-order valence-corrected chi connectivity index (χ3v) is 3.66. The van der Waals surface area contributed by atoms with E-state index in [1.54, 1.807) is 13.0 Å². The fraction of sp³-hybridized carbons (Fsp3) is 0.524. The maximum atomic E-state index is 13.1. The van der Waals surface area contributed by atoms with Crippen LogP contribution in [-0.4, -0.2) is 12.6 Å². The smallest absolute Gasteiger partial charge is 0.118 e. The molecule has 0 aromatic heterocycles. The highest BCUT2D eigenvalue weighted by Gasteiger charge is 2.10. The first-order valence-electron chi connectivity index (χ1n) is 8.82. The third kappa shape index (κ3) is 10.9. The molecule has 0 amide bonds. The van der Waals surface area contributed by atoms with Gasteiger partial charge in [0.15, 0.2) is 0 Å². The molecule has 0 spiro atoms. The van der Waals surface area contributed by atoms with Gasteiger partial charge in [0.25, 0.3) is 0 Å². The molecule has 0 aliphatic heterocycles. The number of nitrogens with one attached hydrogen (secondary N) is 1. The lowest BCUT2D eigenvalue weighted by Crippen LogP contribution is -2.30. The van der Waals surface area contributed by atoms with Crippen molar-refractivity contribution in [2.24, 2.45) is 0 Å². The van der Waals surface area contributed by atoms with Crippen LogP contribution < -0.4 is 5.32 Å². The van der Waals surface area contributed by atoms with Gasteiger partial charge in [-0.3, -0.25) is 0 Å². The van der Waals surface area contributed by atoms with E-state index < -0.39 is 0 Å². The van der Waals surface area contributed by atoms with Crippen LogP contribution in [0.5, 0.6) is 0 Å². The van der Waals surface area contributed by atoms with Gasteiger partial charge < -0.3 is 5.32 Å². The third-order valence-electron chi connectivity index (χ3n) is 3.66. The maximum absolute atomic E-state index is 13.1. The van der Waals surface area contributed by atoms with Gasteiger partial charge in [-0.1, -0.05) is 69.2 Å². The molecule has 1 atom stereocenters. The molecule has 0 saturated heterocycles. The molecule has 130 valence electrons. The molecule has 0 aliphatic rings. The van der Waals surface area contributed by atoms with Gasteiger partial charge in [-0.05, 0) is 51.3 Å². The van der Waals surface area contributed by atoms with Crippen molar-refractivity contribution >= 4 is 0 Å². The molecule has 23 heavy (non-hydrogen) atoms. The zero-order valence-corrected chi connectivity index (χ0v) is 15.4. The minimum Gasteiger partial charge on any atom is -0.310 e. The van der Waals surface area contributed by atoms with Crippen LogP contribution in [0.4, 0.5) is 4.39 Å². The van der Waals surface area contributed by atoms with E-state index in [-0.39, 0.29) is 5.83 Å². The first-order valence-corrected chi connectivity index (χ1v) is 8.82. The molecule has 0 aromatic carbocycles. The molecule has 1 unspecified atom stereocenters. The number of rotatable bonds is 12. The molecule has 0 bridgehead atoms. The molecule has 0 radical (unpaired) electrons. The molecule has 0 fully saturated rings. The first kappa shape index (κ1) is 21.6. The maximum Gasteiger partial charge on any atom is 0.118 e. The normalized spacial score (nSPS) is 14.8. The molecule has 1 N–H and O–H groups in total. The van der Waals surface area contributed by atoms with Crippen molar-refractivity contribution in [3.8, 4) is 0 Å². The van der Waals surface area contributed by atoms with Crippen LogP contribution in [0.25, 0.3) is 0 Å². The molecule has 0 aromatic rings. The monoisotopic (exact) mass is 319 g/mol.